The summed E-state index contributed by atoms with van der Waals surface area (Å²) in [7, 11) is 0. The smallest absolute Gasteiger partial charge is 0.261 e. The molecule has 1 unspecified atom stereocenters. The van der Waals surface area contributed by atoms with Crippen molar-refractivity contribution < 1.29 is 15.0 Å². The van der Waals surface area contributed by atoms with E-state index in [0.29, 0.717) is 12.5 Å². The molecule has 0 saturated heterocycles. The van der Waals surface area contributed by atoms with Gasteiger partial charge in [-0.05, 0) is 37.0 Å². The quantitative estimate of drug-likeness (QED) is 0.585. The molecule has 1 aromatic rings. The van der Waals surface area contributed by atoms with E-state index in [2.05, 4.69) is 10.3 Å². The Kier molecular flexibility index (Phi) is 5.10. The normalized spacial score (nSPS) is 22.7. The van der Waals surface area contributed by atoms with E-state index in [1.165, 1.54) is 49.6 Å². The minimum Gasteiger partial charge on any atom is -0.504 e. The summed E-state index contributed by atoms with van der Waals surface area (Å²) >= 11 is 1.47. The Balaban J connectivity index is 1.57. The van der Waals surface area contributed by atoms with Gasteiger partial charge in [0.2, 0.25) is 0 Å². The van der Waals surface area contributed by atoms with Gasteiger partial charge < -0.3 is 15.5 Å². The summed E-state index contributed by atoms with van der Waals surface area (Å²) in [6, 6.07) is 5.09. The third-order valence-corrected chi connectivity index (χ3v) is 5.47. The third-order valence-electron chi connectivity index (χ3n) is 4.38. The first kappa shape index (κ1) is 16.2. The van der Waals surface area contributed by atoms with Gasteiger partial charge in [0.15, 0.2) is 16.7 Å². The SMILES string of the molecule is O=C1N=C(NC2CCCCCC2)SC1Cc1ccc(O)c(O)c1. The summed E-state index contributed by atoms with van der Waals surface area (Å²) in [5.74, 6) is -0.430. The van der Waals surface area contributed by atoms with E-state index in [1.807, 2.05) is 0 Å². The molecule has 5 nitrogen and oxygen atoms in total. The summed E-state index contributed by atoms with van der Waals surface area (Å²) in [4.78, 5) is 16.2. The molecule has 1 aliphatic carbocycles. The van der Waals surface area contributed by atoms with Gasteiger partial charge in [0.25, 0.3) is 5.91 Å². The van der Waals surface area contributed by atoms with E-state index in [0.717, 1.165) is 23.6 Å². The van der Waals surface area contributed by atoms with Crippen LogP contribution in [0.5, 0.6) is 11.5 Å². The number of benzene rings is 1. The molecule has 2 aliphatic rings. The number of phenolic OH excluding ortho intramolecular Hbond substituents is 2. The second-order valence-corrected chi connectivity index (χ2v) is 7.41. The van der Waals surface area contributed by atoms with Crippen molar-refractivity contribution in [3.8, 4) is 11.5 Å². The number of aromatic hydroxyl groups is 2. The number of phenols is 2. The lowest BCUT2D eigenvalue weighted by Gasteiger charge is -2.17. The molecule has 3 rings (SSSR count). The van der Waals surface area contributed by atoms with Crippen molar-refractivity contribution >= 4 is 22.8 Å². The van der Waals surface area contributed by atoms with E-state index in [4.69, 9.17) is 0 Å². The number of nitrogens with zero attached hydrogens (tertiary/aromatic N) is 1. The number of aliphatic imine (C=N–C) groups is 1. The molecule has 124 valence electrons. The van der Waals surface area contributed by atoms with Gasteiger partial charge in [-0.25, -0.2) is 0 Å². The molecule has 1 fully saturated rings. The molecule has 0 spiro atoms. The molecule has 3 N–H and O–H groups in total. The van der Waals surface area contributed by atoms with Crippen LogP contribution in [-0.4, -0.2) is 32.6 Å². The molecule has 0 aromatic heterocycles. The number of hydrogen-bond donors (Lipinski definition) is 3. The maximum Gasteiger partial charge on any atom is 0.261 e. The Hall–Kier alpha value is -1.69. The molecule has 1 amide bonds. The van der Waals surface area contributed by atoms with Gasteiger partial charge in [-0.1, -0.05) is 43.5 Å². The van der Waals surface area contributed by atoms with Gasteiger partial charge in [-0.2, -0.15) is 4.99 Å². The average molecular weight is 334 g/mol. The summed E-state index contributed by atoms with van der Waals surface area (Å²) in [6.45, 7) is 0. The lowest BCUT2D eigenvalue weighted by Crippen LogP contribution is -2.32. The Morgan fingerprint density at radius 3 is 2.57 bits per heavy atom. The highest BCUT2D eigenvalue weighted by atomic mass is 32.2. The van der Waals surface area contributed by atoms with Gasteiger partial charge in [0, 0.05) is 6.04 Å². The van der Waals surface area contributed by atoms with Gasteiger partial charge in [0.1, 0.15) is 0 Å². The molecule has 6 heteroatoms. The Morgan fingerprint density at radius 2 is 1.87 bits per heavy atom. The highest BCUT2D eigenvalue weighted by molar-refractivity contribution is 8.15. The first-order valence-electron chi connectivity index (χ1n) is 8.18. The minimum absolute atomic E-state index is 0.126. The van der Waals surface area contributed by atoms with Crippen LogP contribution < -0.4 is 5.32 Å². The fourth-order valence-corrected chi connectivity index (χ4v) is 4.16. The van der Waals surface area contributed by atoms with Crippen LogP contribution in [0.3, 0.4) is 0 Å². The predicted octanol–water partition coefficient (Wildman–Crippen LogP) is 2.95. The maximum absolute atomic E-state index is 12.1. The highest BCUT2D eigenvalue weighted by Gasteiger charge is 2.30. The van der Waals surface area contributed by atoms with Crippen LogP contribution in [0.1, 0.15) is 44.1 Å². The molecule has 23 heavy (non-hydrogen) atoms. The second kappa shape index (κ2) is 7.25. The zero-order valence-electron chi connectivity index (χ0n) is 13.0. The van der Waals surface area contributed by atoms with Crippen LogP contribution in [-0.2, 0) is 11.2 Å². The molecule has 0 bridgehead atoms. The van der Waals surface area contributed by atoms with Crippen LogP contribution in [0, 0.1) is 0 Å². The third kappa shape index (κ3) is 4.19. The van der Waals surface area contributed by atoms with Crippen LogP contribution >= 0.6 is 11.8 Å². The van der Waals surface area contributed by atoms with E-state index < -0.39 is 0 Å². The fraction of sp³-hybridized carbons (Fsp3) is 0.529. The van der Waals surface area contributed by atoms with Gasteiger partial charge in [0.05, 0.1) is 5.25 Å². The number of nitrogens with one attached hydrogen (secondary N) is 1. The monoisotopic (exact) mass is 334 g/mol. The maximum atomic E-state index is 12.1. The number of carbonyl (C=O) groups is 1. The summed E-state index contributed by atoms with van der Waals surface area (Å²) in [5.41, 5.74) is 0.817. The summed E-state index contributed by atoms with van der Waals surface area (Å²) in [5, 5.41) is 22.8. The van der Waals surface area contributed by atoms with E-state index in [9.17, 15) is 15.0 Å². The molecule has 1 heterocycles. The largest absolute Gasteiger partial charge is 0.504 e. The van der Waals surface area contributed by atoms with Crippen molar-refractivity contribution in [2.75, 3.05) is 0 Å². The van der Waals surface area contributed by atoms with Gasteiger partial charge in [-0.15, -0.1) is 0 Å². The number of rotatable bonds is 3. The predicted molar refractivity (Wildman–Crippen MR) is 91.9 cm³/mol. The molecule has 1 aliphatic heterocycles. The molecular formula is C17H22N2O3S. The number of carbonyl (C=O) groups excluding carboxylic acids is 1. The van der Waals surface area contributed by atoms with Crippen molar-refractivity contribution in [1.82, 2.24) is 5.32 Å². The highest BCUT2D eigenvalue weighted by Crippen LogP contribution is 2.30. The molecule has 1 saturated carbocycles. The van der Waals surface area contributed by atoms with Crippen LogP contribution in [0.4, 0.5) is 0 Å². The Labute approximate surface area is 140 Å². The van der Waals surface area contributed by atoms with Gasteiger partial charge in [-0.3, -0.25) is 4.79 Å². The molecule has 0 radical (unpaired) electrons. The zero-order chi connectivity index (χ0) is 16.2. The van der Waals surface area contributed by atoms with Crippen LogP contribution in [0.15, 0.2) is 23.2 Å². The van der Waals surface area contributed by atoms with Crippen molar-refractivity contribution in [3.63, 3.8) is 0 Å². The molecular weight excluding hydrogens is 312 g/mol. The Bertz CT molecular complexity index is 610. The van der Waals surface area contributed by atoms with Crippen molar-refractivity contribution in [2.24, 2.45) is 4.99 Å². The Morgan fingerprint density at radius 1 is 1.13 bits per heavy atom. The van der Waals surface area contributed by atoms with E-state index in [-0.39, 0.29) is 22.7 Å². The number of thioether (sulfide) groups is 1. The summed E-state index contributed by atoms with van der Waals surface area (Å²) < 4.78 is 0. The zero-order valence-corrected chi connectivity index (χ0v) is 13.8. The van der Waals surface area contributed by atoms with E-state index in [1.54, 1.807) is 6.07 Å². The lowest BCUT2D eigenvalue weighted by atomic mass is 10.1. The molecule has 1 atom stereocenters. The first-order chi connectivity index (χ1) is 11.1. The van der Waals surface area contributed by atoms with Crippen LogP contribution in [0.2, 0.25) is 0 Å². The molecule has 1 aromatic carbocycles. The lowest BCUT2D eigenvalue weighted by molar-refractivity contribution is -0.117. The van der Waals surface area contributed by atoms with Crippen LogP contribution in [0.25, 0.3) is 0 Å². The fourth-order valence-electron chi connectivity index (χ4n) is 3.09. The standard InChI is InChI=1S/C17H22N2O3S/c20-13-8-7-11(9-14(13)21)10-15-16(22)19-17(23-15)18-12-5-3-1-2-4-6-12/h7-9,12,15,20-21H,1-6,10H2,(H,18,19,22). The van der Waals surface area contributed by atoms with Crippen molar-refractivity contribution in [2.45, 2.75) is 56.2 Å². The van der Waals surface area contributed by atoms with Gasteiger partial charge >= 0.3 is 0 Å². The number of amides is 1. The first-order valence-corrected chi connectivity index (χ1v) is 9.06. The number of hydrogen-bond acceptors (Lipinski definition) is 5. The number of amidine groups is 1. The van der Waals surface area contributed by atoms with E-state index >= 15 is 0 Å². The average Bonchev–Trinajstić information content (AvgIpc) is 2.72. The van der Waals surface area contributed by atoms with Crippen molar-refractivity contribution in [3.05, 3.63) is 23.8 Å². The second-order valence-electron chi connectivity index (χ2n) is 6.22. The topological polar surface area (TPSA) is 81.9 Å². The minimum atomic E-state index is -0.257. The summed E-state index contributed by atoms with van der Waals surface area (Å²) in [6.07, 6.45) is 7.85. The van der Waals surface area contributed by atoms with Crippen molar-refractivity contribution in [1.29, 1.82) is 0 Å².